The van der Waals surface area contributed by atoms with Gasteiger partial charge in [-0.2, -0.15) is 0 Å². The molecule has 0 bridgehead atoms. The quantitative estimate of drug-likeness (QED) is 0.574. The maximum Gasteiger partial charge on any atom is 0.266 e. The number of hydrogen-bond acceptors (Lipinski definition) is 5. The third kappa shape index (κ3) is 5.09. The van der Waals surface area contributed by atoms with E-state index in [1.54, 1.807) is 43.5 Å². The van der Waals surface area contributed by atoms with Gasteiger partial charge in [0.15, 0.2) is 0 Å². The van der Waals surface area contributed by atoms with Crippen molar-refractivity contribution < 1.29 is 14.3 Å². The number of thioether (sulfide) groups is 1. The monoisotopic (exact) mass is 410 g/mol. The molecule has 28 heavy (non-hydrogen) atoms. The molecule has 3 rings (SSSR count). The van der Waals surface area contributed by atoms with Crippen LogP contribution in [0.5, 0.6) is 5.75 Å². The number of allylic oxidation sites excluding steroid dienone is 2. The van der Waals surface area contributed by atoms with E-state index in [0.717, 1.165) is 5.56 Å². The van der Waals surface area contributed by atoms with Crippen LogP contribution in [-0.4, -0.2) is 34.7 Å². The largest absolute Gasteiger partial charge is 0.497 e. The molecule has 2 aromatic carbocycles. The number of rotatable bonds is 6. The molecule has 1 fully saturated rings. The number of thiocarbonyl (C=S) groups is 1. The molecule has 2 amide bonds. The van der Waals surface area contributed by atoms with Crippen LogP contribution in [0.3, 0.4) is 0 Å². The van der Waals surface area contributed by atoms with Gasteiger partial charge in [0, 0.05) is 5.69 Å². The summed E-state index contributed by atoms with van der Waals surface area (Å²) in [7, 11) is 1.57. The molecule has 1 aliphatic heterocycles. The van der Waals surface area contributed by atoms with Crippen LogP contribution in [0, 0.1) is 0 Å². The van der Waals surface area contributed by atoms with Crippen molar-refractivity contribution in [3.63, 3.8) is 0 Å². The molecule has 142 valence electrons. The summed E-state index contributed by atoms with van der Waals surface area (Å²) in [6.07, 6.45) is 5.43. The fourth-order valence-electron chi connectivity index (χ4n) is 2.48. The lowest BCUT2D eigenvalue weighted by Crippen LogP contribution is -2.36. The van der Waals surface area contributed by atoms with Crippen molar-refractivity contribution in [2.75, 3.05) is 19.0 Å². The summed E-state index contributed by atoms with van der Waals surface area (Å²) in [5.41, 5.74) is 1.66. The zero-order valence-electron chi connectivity index (χ0n) is 15.1. The molecule has 1 N–H and O–H groups in total. The van der Waals surface area contributed by atoms with Crippen molar-refractivity contribution in [3.8, 4) is 5.75 Å². The maximum atomic E-state index is 12.5. The van der Waals surface area contributed by atoms with Gasteiger partial charge in [0.2, 0.25) is 5.91 Å². The predicted octanol–water partition coefficient (Wildman–Crippen LogP) is 4.09. The first-order chi connectivity index (χ1) is 13.6. The van der Waals surface area contributed by atoms with E-state index in [-0.39, 0.29) is 18.4 Å². The molecule has 7 heteroatoms. The number of nitrogens with zero attached hydrogens (tertiary/aromatic N) is 1. The minimum absolute atomic E-state index is 0.129. The molecule has 0 aromatic heterocycles. The number of carbonyl (C=O) groups excluding carboxylic acids is 2. The van der Waals surface area contributed by atoms with Gasteiger partial charge in [-0.3, -0.25) is 14.5 Å². The number of nitrogens with one attached hydrogen (secondary N) is 1. The Morgan fingerprint density at radius 3 is 2.57 bits per heavy atom. The van der Waals surface area contributed by atoms with Crippen molar-refractivity contribution in [1.82, 2.24) is 4.90 Å². The van der Waals surface area contributed by atoms with E-state index in [4.69, 9.17) is 17.0 Å². The average molecular weight is 411 g/mol. The minimum Gasteiger partial charge on any atom is -0.497 e. The van der Waals surface area contributed by atoms with Gasteiger partial charge in [-0.05, 0) is 35.9 Å². The summed E-state index contributed by atoms with van der Waals surface area (Å²) in [6.45, 7) is -0.129. The summed E-state index contributed by atoms with van der Waals surface area (Å²) in [4.78, 5) is 26.6. The Labute approximate surface area is 173 Å². The highest BCUT2D eigenvalue weighted by atomic mass is 32.2. The molecule has 5 nitrogen and oxygen atoms in total. The van der Waals surface area contributed by atoms with E-state index in [0.29, 0.717) is 20.7 Å². The van der Waals surface area contributed by atoms with Crippen molar-refractivity contribution in [3.05, 3.63) is 77.2 Å². The van der Waals surface area contributed by atoms with Gasteiger partial charge in [0.05, 0.1) is 12.0 Å². The lowest BCUT2D eigenvalue weighted by Gasteiger charge is -2.14. The third-order valence-electron chi connectivity index (χ3n) is 3.88. The Morgan fingerprint density at radius 1 is 1.18 bits per heavy atom. The standard InChI is InChI=1S/C21H18N2O3S2/c1-26-17-12-10-16(11-13-17)22-19(24)14-23-20(25)18(28-21(23)27)9-5-8-15-6-3-2-4-7-15/h2-13H,14H2,1H3,(H,22,24). The minimum atomic E-state index is -0.317. The highest BCUT2D eigenvalue weighted by molar-refractivity contribution is 8.26. The lowest BCUT2D eigenvalue weighted by molar-refractivity contribution is -0.126. The number of anilines is 1. The van der Waals surface area contributed by atoms with Crippen molar-refractivity contribution in [2.45, 2.75) is 0 Å². The van der Waals surface area contributed by atoms with E-state index >= 15 is 0 Å². The van der Waals surface area contributed by atoms with Gasteiger partial charge in [0.1, 0.15) is 16.6 Å². The van der Waals surface area contributed by atoms with E-state index in [1.807, 2.05) is 36.4 Å². The smallest absolute Gasteiger partial charge is 0.266 e. The van der Waals surface area contributed by atoms with Gasteiger partial charge in [0.25, 0.3) is 5.91 Å². The highest BCUT2D eigenvalue weighted by Crippen LogP contribution is 2.30. The molecule has 0 radical (unpaired) electrons. The molecule has 0 unspecified atom stereocenters. The molecule has 1 heterocycles. The number of methoxy groups -OCH3 is 1. The Balaban J connectivity index is 1.60. The summed E-state index contributed by atoms with van der Waals surface area (Å²) in [5, 5.41) is 2.75. The Bertz CT molecular complexity index is 938. The number of benzene rings is 2. The Kier molecular flexibility index (Phi) is 6.62. The fraction of sp³-hybridized carbons (Fsp3) is 0.0952. The zero-order chi connectivity index (χ0) is 19.9. The third-order valence-corrected chi connectivity index (χ3v) is 5.28. The summed E-state index contributed by atoms with van der Waals surface area (Å²) in [6, 6.07) is 16.7. The first-order valence-corrected chi connectivity index (χ1v) is 9.70. The van der Waals surface area contributed by atoms with Gasteiger partial charge in [-0.15, -0.1) is 0 Å². The second-order valence-electron chi connectivity index (χ2n) is 5.84. The fourth-order valence-corrected chi connectivity index (χ4v) is 3.69. The van der Waals surface area contributed by atoms with E-state index in [9.17, 15) is 9.59 Å². The average Bonchev–Trinajstić information content (AvgIpc) is 2.97. The van der Waals surface area contributed by atoms with Crippen LogP contribution in [-0.2, 0) is 9.59 Å². The number of ether oxygens (including phenoxy) is 1. The van der Waals surface area contributed by atoms with Crippen LogP contribution in [0.15, 0.2) is 71.7 Å². The summed E-state index contributed by atoms with van der Waals surface area (Å²) >= 11 is 6.45. The van der Waals surface area contributed by atoms with Crippen molar-refractivity contribution in [1.29, 1.82) is 0 Å². The predicted molar refractivity (Wildman–Crippen MR) is 117 cm³/mol. The number of hydrogen-bond donors (Lipinski definition) is 1. The summed E-state index contributed by atoms with van der Waals surface area (Å²) in [5.74, 6) is 0.115. The normalized spacial score (nSPS) is 15.5. The van der Waals surface area contributed by atoms with Crippen LogP contribution < -0.4 is 10.1 Å². The van der Waals surface area contributed by atoms with Gasteiger partial charge < -0.3 is 10.1 Å². The van der Waals surface area contributed by atoms with Gasteiger partial charge >= 0.3 is 0 Å². The zero-order valence-corrected chi connectivity index (χ0v) is 16.8. The molecule has 0 spiro atoms. The number of amides is 2. The van der Waals surface area contributed by atoms with E-state index < -0.39 is 0 Å². The van der Waals surface area contributed by atoms with Crippen molar-refractivity contribution in [2.24, 2.45) is 0 Å². The number of carbonyl (C=O) groups is 2. The van der Waals surface area contributed by atoms with Crippen LogP contribution in [0.1, 0.15) is 5.56 Å². The molecular formula is C21H18N2O3S2. The van der Waals surface area contributed by atoms with Crippen LogP contribution in [0.2, 0.25) is 0 Å². The Hall–Kier alpha value is -2.90. The SMILES string of the molecule is COc1ccc(NC(=O)CN2C(=O)C(=CC=Cc3ccccc3)SC2=S)cc1. The molecule has 1 aliphatic rings. The van der Waals surface area contributed by atoms with Crippen LogP contribution in [0.4, 0.5) is 5.69 Å². The molecule has 1 saturated heterocycles. The van der Waals surface area contributed by atoms with E-state index in [2.05, 4.69) is 5.32 Å². The van der Waals surface area contributed by atoms with E-state index in [1.165, 1.54) is 16.7 Å². The second-order valence-corrected chi connectivity index (χ2v) is 7.51. The molecule has 2 aromatic rings. The lowest BCUT2D eigenvalue weighted by atomic mass is 10.2. The first-order valence-electron chi connectivity index (χ1n) is 8.48. The molecule has 0 aliphatic carbocycles. The van der Waals surface area contributed by atoms with Crippen LogP contribution >= 0.6 is 24.0 Å². The topological polar surface area (TPSA) is 58.6 Å². The maximum absolute atomic E-state index is 12.5. The first kappa shape index (κ1) is 19.9. The molecule has 0 saturated carbocycles. The van der Waals surface area contributed by atoms with Crippen LogP contribution in [0.25, 0.3) is 6.08 Å². The Morgan fingerprint density at radius 2 is 1.89 bits per heavy atom. The van der Waals surface area contributed by atoms with Gasteiger partial charge in [-0.1, -0.05) is 66.5 Å². The van der Waals surface area contributed by atoms with Crippen molar-refractivity contribution >= 4 is 51.9 Å². The van der Waals surface area contributed by atoms with Gasteiger partial charge in [-0.25, -0.2) is 0 Å². The second kappa shape index (κ2) is 9.34. The highest BCUT2D eigenvalue weighted by Gasteiger charge is 2.33. The summed E-state index contributed by atoms with van der Waals surface area (Å²) < 4.78 is 5.45. The molecule has 0 atom stereocenters. The molecular weight excluding hydrogens is 392 g/mol.